The number of nitrogens with one attached hydrogen (secondary N) is 1. The molecular formula is C15H11ClF3NO2S. The summed E-state index contributed by atoms with van der Waals surface area (Å²) in [6.45, 7) is 0. The van der Waals surface area contributed by atoms with Gasteiger partial charge in [0.2, 0.25) is 0 Å². The molecule has 0 heterocycles. The normalized spacial score (nSPS) is 12.5. The number of halogens is 4. The fraction of sp³-hybridized carbons (Fsp3) is 0.0667. The van der Waals surface area contributed by atoms with E-state index in [4.69, 9.17) is 11.6 Å². The van der Waals surface area contributed by atoms with Gasteiger partial charge in [-0.3, -0.25) is 4.72 Å². The molecule has 0 bridgehead atoms. The minimum absolute atomic E-state index is 0.223. The first kappa shape index (κ1) is 17.4. The molecule has 0 saturated carbocycles. The van der Waals surface area contributed by atoms with Crippen molar-refractivity contribution in [1.29, 1.82) is 0 Å². The van der Waals surface area contributed by atoms with E-state index in [0.717, 1.165) is 17.5 Å². The van der Waals surface area contributed by atoms with Gasteiger partial charge in [0.15, 0.2) is 0 Å². The van der Waals surface area contributed by atoms with Crippen LogP contribution in [0.2, 0.25) is 5.02 Å². The maximum Gasteiger partial charge on any atom is 0.417 e. The second kappa shape index (κ2) is 6.64. The van der Waals surface area contributed by atoms with Crippen molar-refractivity contribution < 1.29 is 21.6 Å². The molecular weight excluding hydrogens is 351 g/mol. The van der Waals surface area contributed by atoms with Crippen molar-refractivity contribution in [2.75, 3.05) is 4.72 Å². The lowest BCUT2D eigenvalue weighted by molar-refractivity contribution is -0.137. The highest BCUT2D eigenvalue weighted by Crippen LogP contribution is 2.36. The Hall–Kier alpha value is -1.99. The predicted molar refractivity (Wildman–Crippen MR) is 84.5 cm³/mol. The third-order valence-electron chi connectivity index (χ3n) is 2.77. The molecule has 0 aliphatic carbocycles. The summed E-state index contributed by atoms with van der Waals surface area (Å²) in [6, 6.07) is 11.4. The van der Waals surface area contributed by atoms with Crippen LogP contribution in [0.5, 0.6) is 0 Å². The van der Waals surface area contributed by atoms with Gasteiger partial charge in [-0.2, -0.15) is 13.2 Å². The Morgan fingerprint density at radius 1 is 1.04 bits per heavy atom. The molecule has 2 rings (SSSR count). The van der Waals surface area contributed by atoms with Gasteiger partial charge in [0, 0.05) is 5.69 Å². The molecule has 0 radical (unpaired) electrons. The van der Waals surface area contributed by atoms with Crippen LogP contribution in [0.1, 0.15) is 11.1 Å². The SMILES string of the molecule is O=S(=O)(/C=C/c1ccccc1)Nc1ccc(Cl)c(C(F)(F)F)c1. The van der Waals surface area contributed by atoms with Crippen molar-refractivity contribution in [2.45, 2.75) is 6.18 Å². The topological polar surface area (TPSA) is 46.2 Å². The van der Waals surface area contributed by atoms with Crippen LogP contribution in [0.15, 0.2) is 53.9 Å². The molecule has 3 nitrogen and oxygen atoms in total. The van der Waals surface area contributed by atoms with Crippen LogP contribution in [0.25, 0.3) is 6.08 Å². The summed E-state index contributed by atoms with van der Waals surface area (Å²) in [5.41, 5.74) is -0.684. The maximum absolute atomic E-state index is 12.8. The first-order valence-corrected chi connectivity index (χ1v) is 8.22. The molecule has 0 aliphatic rings. The first-order valence-electron chi connectivity index (χ1n) is 6.30. The number of hydrogen-bond donors (Lipinski definition) is 1. The summed E-state index contributed by atoms with van der Waals surface area (Å²) in [5, 5.41) is 0.379. The molecule has 2 aromatic carbocycles. The Bertz CT molecular complexity index is 818. The number of benzene rings is 2. The molecule has 0 aromatic heterocycles. The molecule has 2 aromatic rings. The summed E-state index contributed by atoms with van der Waals surface area (Å²) < 4.78 is 64.1. The van der Waals surface area contributed by atoms with Crippen LogP contribution in [0, 0.1) is 0 Å². The second-order valence-corrected chi connectivity index (χ2v) is 6.53. The van der Waals surface area contributed by atoms with Crippen LogP contribution in [0.4, 0.5) is 18.9 Å². The van der Waals surface area contributed by atoms with E-state index in [9.17, 15) is 21.6 Å². The molecule has 1 N–H and O–H groups in total. The Kier molecular flexibility index (Phi) is 5.01. The molecule has 122 valence electrons. The first-order chi connectivity index (χ1) is 10.7. The molecule has 0 aliphatic heterocycles. The second-order valence-electron chi connectivity index (χ2n) is 4.55. The minimum atomic E-state index is -4.67. The van der Waals surface area contributed by atoms with Crippen molar-refractivity contribution in [3.8, 4) is 0 Å². The fourth-order valence-corrected chi connectivity index (χ4v) is 2.82. The van der Waals surface area contributed by atoms with E-state index >= 15 is 0 Å². The van der Waals surface area contributed by atoms with E-state index in [1.165, 1.54) is 6.08 Å². The monoisotopic (exact) mass is 361 g/mol. The van der Waals surface area contributed by atoms with Gasteiger partial charge in [-0.05, 0) is 29.8 Å². The van der Waals surface area contributed by atoms with Crippen molar-refractivity contribution in [3.05, 3.63) is 70.1 Å². The van der Waals surface area contributed by atoms with Crippen molar-refractivity contribution >= 4 is 33.4 Å². The number of rotatable bonds is 4. The lowest BCUT2D eigenvalue weighted by Crippen LogP contribution is -2.11. The molecule has 0 amide bonds. The van der Waals surface area contributed by atoms with Crippen molar-refractivity contribution in [2.24, 2.45) is 0 Å². The van der Waals surface area contributed by atoms with E-state index in [1.807, 2.05) is 0 Å². The lowest BCUT2D eigenvalue weighted by atomic mass is 10.2. The van der Waals surface area contributed by atoms with Gasteiger partial charge in [0.1, 0.15) is 0 Å². The third kappa shape index (κ3) is 5.01. The average Bonchev–Trinajstić information content (AvgIpc) is 2.47. The number of anilines is 1. The van der Waals surface area contributed by atoms with Gasteiger partial charge >= 0.3 is 6.18 Å². The zero-order valence-electron chi connectivity index (χ0n) is 11.5. The molecule has 0 saturated heterocycles. The van der Waals surface area contributed by atoms with Gasteiger partial charge in [-0.1, -0.05) is 41.9 Å². The highest BCUT2D eigenvalue weighted by Gasteiger charge is 2.33. The van der Waals surface area contributed by atoms with Gasteiger partial charge in [0.05, 0.1) is 16.0 Å². The molecule has 0 spiro atoms. The summed E-state index contributed by atoms with van der Waals surface area (Å²) >= 11 is 5.48. The smallest absolute Gasteiger partial charge is 0.280 e. The minimum Gasteiger partial charge on any atom is -0.280 e. The van der Waals surface area contributed by atoms with Gasteiger partial charge in [-0.25, -0.2) is 8.42 Å². The third-order valence-corrected chi connectivity index (χ3v) is 4.12. The highest BCUT2D eigenvalue weighted by atomic mass is 35.5. The molecule has 0 unspecified atom stereocenters. The summed E-state index contributed by atoms with van der Waals surface area (Å²) in [7, 11) is -3.95. The van der Waals surface area contributed by atoms with Crippen LogP contribution in [-0.2, 0) is 16.2 Å². The molecule has 8 heteroatoms. The van der Waals surface area contributed by atoms with Gasteiger partial charge < -0.3 is 0 Å². The molecule has 0 fully saturated rings. The van der Waals surface area contributed by atoms with E-state index in [0.29, 0.717) is 11.6 Å². The molecule has 0 atom stereocenters. The predicted octanol–water partition coefficient (Wildman–Crippen LogP) is 4.77. The standard InChI is InChI=1S/C15H11ClF3NO2S/c16-14-7-6-12(10-13(14)15(17,18)19)20-23(21,22)9-8-11-4-2-1-3-5-11/h1-10,20H/b9-8+. The number of alkyl halides is 3. The average molecular weight is 362 g/mol. The van der Waals surface area contributed by atoms with E-state index < -0.39 is 26.8 Å². The largest absolute Gasteiger partial charge is 0.417 e. The van der Waals surface area contributed by atoms with E-state index in [-0.39, 0.29) is 5.69 Å². The van der Waals surface area contributed by atoms with Crippen LogP contribution in [-0.4, -0.2) is 8.42 Å². The van der Waals surface area contributed by atoms with Crippen LogP contribution < -0.4 is 4.72 Å². The Balaban J connectivity index is 2.23. The van der Waals surface area contributed by atoms with Crippen LogP contribution >= 0.6 is 11.6 Å². The van der Waals surface area contributed by atoms with Crippen molar-refractivity contribution in [3.63, 3.8) is 0 Å². The summed E-state index contributed by atoms with van der Waals surface area (Å²) in [4.78, 5) is 0. The summed E-state index contributed by atoms with van der Waals surface area (Å²) in [5.74, 6) is 0. The zero-order valence-corrected chi connectivity index (χ0v) is 13.1. The van der Waals surface area contributed by atoms with Gasteiger partial charge in [0.25, 0.3) is 10.0 Å². The fourth-order valence-electron chi connectivity index (χ4n) is 1.74. The molecule has 23 heavy (non-hydrogen) atoms. The Morgan fingerprint density at radius 3 is 2.30 bits per heavy atom. The Morgan fingerprint density at radius 2 is 1.70 bits per heavy atom. The Labute approximate surface area is 136 Å². The highest BCUT2D eigenvalue weighted by molar-refractivity contribution is 7.95. The van der Waals surface area contributed by atoms with E-state index in [2.05, 4.69) is 4.72 Å². The van der Waals surface area contributed by atoms with Crippen molar-refractivity contribution in [1.82, 2.24) is 0 Å². The van der Waals surface area contributed by atoms with Crippen LogP contribution in [0.3, 0.4) is 0 Å². The number of sulfonamides is 1. The quantitative estimate of drug-likeness (QED) is 0.852. The lowest BCUT2D eigenvalue weighted by Gasteiger charge is -2.11. The van der Waals surface area contributed by atoms with Gasteiger partial charge in [-0.15, -0.1) is 0 Å². The summed E-state index contributed by atoms with van der Waals surface area (Å²) in [6.07, 6.45) is -3.33. The van der Waals surface area contributed by atoms with E-state index in [1.54, 1.807) is 30.3 Å². The maximum atomic E-state index is 12.8. The zero-order chi connectivity index (χ0) is 17.1. The number of hydrogen-bond acceptors (Lipinski definition) is 2.